The summed E-state index contributed by atoms with van der Waals surface area (Å²) in [4.78, 5) is 0. The Kier molecular flexibility index (Phi) is 3.74. The maximum atomic E-state index is 11.1. The van der Waals surface area contributed by atoms with Crippen LogP contribution in [0.1, 0.15) is 62.5 Å². The summed E-state index contributed by atoms with van der Waals surface area (Å²) in [7, 11) is -4.51. The zero-order chi connectivity index (χ0) is 18.0. The topological polar surface area (TPSA) is 107 Å². The summed E-state index contributed by atoms with van der Waals surface area (Å²) in [6, 6.07) is 1.55. The zero-order valence-corrected chi connectivity index (χ0v) is 15.1. The van der Waals surface area contributed by atoms with Crippen molar-refractivity contribution in [2.75, 3.05) is 4.72 Å². The van der Waals surface area contributed by atoms with Gasteiger partial charge in [-0.2, -0.15) is 8.42 Å². The van der Waals surface area contributed by atoms with E-state index in [1.54, 1.807) is 6.07 Å². The first-order valence-electron chi connectivity index (χ1n) is 9.02. The molecule has 3 aliphatic carbocycles. The smallest absolute Gasteiger partial charge is 0.357 e. The summed E-state index contributed by atoms with van der Waals surface area (Å²) in [6.45, 7) is 2.40. The number of hydrogen-bond donors (Lipinski definition) is 4. The summed E-state index contributed by atoms with van der Waals surface area (Å²) in [5.74, 6) is 0.651. The van der Waals surface area contributed by atoms with E-state index in [0.29, 0.717) is 17.3 Å². The van der Waals surface area contributed by atoms with Crippen LogP contribution in [-0.4, -0.2) is 23.2 Å². The average molecular weight is 367 g/mol. The predicted octanol–water partition coefficient (Wildman–Crippen LogP) is 3.56. The summed E-state index contributed by atoms with van der Waals surface area (Å²) < 4.78 is 33.0. The third-order valence-electron chi connectivity index (χ3n) is 6.97. The molecule has 0 heterocycles. The highest BCUT2D eigenvalue weighted by Crippen LogP contribution is 2.62. The molecule has 4 atom stereocenters. The lowest BCUT2D eigenvalue weighted by atomic mass is 9.55. The van der Waals surface area contributed by atoms with Crippen LogP contribution >= 0.6 is 0 Å². The van der Waals surface area contributed by atoms with E-state index in [1.165, 1.54) is 19.3 Å². The molecule has 2 saturated carbocycles. The van der Waals surface area contributed by atoms with Gasteiger partial charge in [0.25, 0.3) is 0 Å². The molecule has 1 aromatic carbocycles. The molecule has 0 bridgehead atoms. The first-order chi connectivity index (χ1) is 11.7. The number of hydrogen-bond acceptors (Lipinski definition) is 4. The minimum absolute atomic E-state index is 0.168. The van der Waals surface area contributed by atoms with Crippen molar-refractivity contribution >= 4 is 16.0 Å². The molecule has 7 heteroatoms. The molecule has 3 aliphatic rings. The predicted molar refractivity (Wildman–Crippen MR) is 94.2 cm³/mol. The SMILES string of the molecule is C[C@@]12CCCC1C1CCc3cc(NS(=O)(=O)O)c(O)c(O)c3C1CC2. The largest absolute Gasteiger partial charge is 0.504 e. The minimum Gasteiger partial charge on any atom is -0.504 e. The van der Waals surface area contributed by atoms with Gasteiger partial charge in [0.1, 0.15) is 0 Å². The van der Waals surface area contributed by atoms with Crippen LogP contribution in [0.4, 0.5) is 5.69 Å². The van der Waals surface area contributed by atoms with E-state index >= 15 is 0 Å². The van der Waals surface area contributed by atoms with Crippen LogP contribution in [0.3, 0.4) is 0 Å². The van der Waals surface area contributed by atoms with Gasteiger partial charge in [-0.1, -0.05) is 13.3 Å². The number of phenolic OH excluding ortho intramolecular Hbond substituents is 2. The molecule has 3 unspecified atom stereocenters. The molecule has 0 radical (unpaired) electrons. The molecule has 1 aromatic rings. The molecular formula is C18H25NO5S. The van der Waals surface area contributed by atoms with Crippen LogP contribution in [0.15, 0.2) is 6.07 Å². The van der Waals surface area contributed by atoms with E-state index in [-0.39, 0.29) is 17.4 Å². The Balaban J connectivity index is 1.75. The van der Waals surface area contributed by atoms with Crippen molar-refractivity contribution in [3.63, 3.8) is 0 Å². The van der Waals surface area contributed by atoms with E-state index in [1.807, 2.05) is 4.72 Å². The van der Waals surface area contributed by atoms with Crippen molar-refractivity contribution in [2.45, 2.75) is 57.8 Å². The second-order valence-electron chi connectivity index (χ2n) is 8.27. The van der Waals surface area contributed by atoms with Crippen molar-refractivity contribution < 1.29 is 23.2 Å². The van der Waals surface area contributed by atoms with Crippen molar-refractivity contribution in [1.29, 1.82) is 0 Å². The Labute approximate surface area is 148 Å². The van der Waals surface area contributed by atoms with Crippen molar-refractivity contribution in [3.05, 3.63) is 17.2 Å². The fraction of sp³-hybridized carbons (Fsp3) is 0.667. The lowest BCUT2D eigenvalue weighted by molar-refractivity contribution is 0.0588. The number of phenols is 2. The molecule has 2 fully saturated rings. The molecule has 6 nitrogen and oxygen atoms in total. The zero-order valence-electron chi connectivity index (χ0n) is 14.3. The number of rotatable bonds is 2. The van der Waals surface area contributed by atoms with Gasteiger partial charge in [0.05, 0.1) is 5.69 Å². The van der Waals surface area contributed by atoms with Crippen molar-refractivity contribution in [2.24, 2.45) is 17.3 Å². The summed E-state index contributed by atoms with van der Waals surface area (Å²) in [6.07, 6.45) is 7.67. The van der Waals surface area contributed by atoms with Crippen LogP contribution in [-0.2, 0) is 16.7 Å². The minimum atomic E-state index is -4.51. The molecule has 4 N–H and O–H groups in total. The second kappa shape index (κ2) is 5.51. The van der Waals surface area contributed by atoms with Crippen LogP contribution in [0.2, 0.25) is 0 Å². The van der Waals surface area contributed by atoms with Crippen LogP contribution in [0.5, 0.6) is 11.5 Å². The van der Waals surface area contributed by atoms with E-state index in [2.05, 4.69) is 6.92 Å². The third-order valence-corrected chi connectivity index (χ3v) is 7.45. The number of fused-ring (bicyclic) bond motifs is 5. The fourth-order valence-electron chi connectivity index (χ4n) is 5.93. The number of aryl methyl sites for hydroxylation is 1. The van der Waals surface area contributed by atoms with Gasteiger partial charge in [0, 0.05) is 5.56 Å². The number of anilines is 1. The Morgan fingerprint density at radius 3 is 2.64 bits per heavy atom. The standard InChI is InChI=1S/C18H25NO5S/c1-18-7-2-3-13(18)11-5-4-10-9-14(19-25(22,23)24)16(20)17(21)15(10)12(11)6-8-18/h9,11-13,19-21H,2-8H2,1H3,(H,22,23,24)/t11?,12?,13?,18-/m0/s1. The molecule has 0 aromatic heterocycles. The molecular weight excluding hydrogens is 342 g/mol. The Morgan fingerprint density at radius 2 is 1.92 bits per heavy atom. The van der Waals surface area contributed by atoms with Gasteiger partial charge in [-0.25, -0.2) is 0 Å². The number of nitrogens with one attached hydrogen (secondary N) is 1. The van der Waals surface area contributed by atoms with E-state index in [9.17, 15) is 18.6 Å². The normalized spacial score (nSPS) is 34.1. The highest BCUT2D eigenvalue weighted by molar-refractivity contribution is 7.87. The van der Waals surface area contributed by atoms with Gasteiger partial charge in [-0.3, -0.25) is 9.27 Å². The van der Waals surface area contributed by atoms with E-state index in [4.69, 9.17) is 4.55 Å². The van der Waals surface area contributed by atoms with Gasteiger partial charge in [0.15, 0.2) is 11.5 Å². The van der Waals surface area contributed by atoms with Gasteiger partial charge in [-0.05, 0) is 73.3 Å². The molecule has 0 aliphatic heterocycles. The first-order valence-corrected chi connectivity index (χ1v) is 10.5. The Morgan fingerprint density at radius 1 is 1.16 bits per heavy atom. The number of benzene rings is 1. The quantitative estimate of drug-likeness (QED) is 0.472. The van der Waals surface area contributed by atoms with Crippen LogP contribution in [0.25, 0.3) is 0 Å². The molecule has 4 rings (SSSR count). The molecule has 0 saturated heterocycles. The van der Waals surface area contributed by atoms with Gasteiger partial charge < -0.3 is 10.2 Å². The number of aromatic hydroxyl groups is 2. The Hall–Kier alpha value is -1.47. The second-order valence-corrected chi connectivity index (χ2v) is 9.43. The van der Waals surface area contributed by atoms with Crippen LogP contribution in [0, 0.1) is 17.3 Å². The van der Waals surface area contributed by atoms with E-state index in [0.717, 1.165) is 36.8 Å². The van der Waals surface area contributed by atoms with Crippen molar-refractivity contribution in [1.82, 2.24) is 0 Å². The van der Waals surface area contributed by atoms with E-state index < -0.39 is 16.1 Å². The van der Waals surface area contributed by atoms with Gasteiger partial charge >= 0.3 is 10.3 Å². The monoisotopic (exact) mass is 367 g/mol. The molecule has 0 spiro atoms. The van der Waals surface area contributed by atoms with Crippen molar-refractivity contribution in [3.8, 4) is 11.5 Å². The molecule has 138 valence electrons. The maximum Gasteiger partial charge on any atom is 0.357 e. The summed E-state index contributed by atoms with van der Waals surface area (Å²) in [5, 5.41) is 20.9. The third kappa shape index (κ3) is 2.68. The van der Waals surface area contributed by atoms with Crippen LogP contribution < -0.4 is 4.72 Å². The fourth-order valence-corrected chi connectivity index (χ4v) is 6.36. The molecule has 25 heavy (non-hydrogen) atoms. The Bertz CT molecular complexity index is 821. The van der Waals surface area contributed by atoms with Gasteiger partial charge in [-0.15, -0.1) is 0 Å². The first kappa shape index (κ1) is 17.0. The molecule has 0 amide bonds. The lowest BCUT2D eigenvalue weighted by Gasteiger charge is -2.49. The average Bonchev–Trinajstić information content (AvgIpc) is 2.92. The highest BCUT2D eigenvalue weighted by atomic mass is 32.2. The maximum absolute atomic E-state index is 11.1. The summed E-state index contributed by atoms with van der Waals surface area (Å²) >= 11 is 0. The summed E-state index contributed by atoms with van der Waals surface area (Å²) in [5.41, 5.74) is 1.88. The highest BCUT2D eigenvalue weighted by Gasteiger charge is 2.51. The lowest BCUT2D eigenvalue weighted by Crippen LogP contribution is -2.39. The van der Waals surface area contributed by atoms with Gasteiger partial charge in [0.2, 0.25) is 0 Å².